The summed E-state index contributed by atoms with van der Waals surface area (Å²) in [5, 5.41) is 4.26. The molecule has 0 N–H and O–H groups in total. The van der Waals surface area contributed by atoms with Gasteiger partial charge in [0.25, 0.3) is 0 Å². The third kappa shape index (κ3) is 2.98. The lowest BCUT2D eigenvalue weighted by atomic mass is 10.2. The number of aromatic nitrogens is 3. The highest BCUT2D eigenvalue weighted by Gasteiger charge is 2.32. The van der Waals surface area contributed by atoms with Crippen LogP contribution >= 0.6 is 0 Å². The van der Waals surface area contributed by atoms with Crippen molar-refractivity contribution >= 4 is 5.97 Å². The summed E-state index contributed by atoms with van der Waals surface area (Å²) in [7, 11) is 0. The Bertz CT molecular complexity index is 730. The first-order valence-electron chi connectivity index (χ1n) is 7.30. The van der Waals surface area contributed by atoms with Crippen molar-refractivity contribution in [3.63, 3.8) is 0 Å². The molecule has 0 bridgehead atoms. The van der Waals surface area contributed by atoms with E-state index in [9.17, 15) is 9.59 Å². The van der Waals surface area contributed by atoms with E-state index in [0.29, 0.717) is 11.6 Å². The Morgan fingerprint density at radius 2 is 2.18 bits per heavy atom. The smallest absolute Gasteiger partial charge is 0.347 e. The fourth-order valence-electron chi connectivity index (χ4n) is 2.25. The average Bonchev–Trinajstić information content (AvgIpc) is 2.97. The Morgan fingerprint density at radius 3 is 2.73 bits per heavy atom. The highest BCUT2D eigenvalue weighted by molar-refractivity contribution is 5.69. The van der Waals surface area contributed by atoms with Gasteiger partial charge in [0.15, 0.2) is 5.76 Å². The number of hydrogen-bond donors (Lipinski definition) is 0. The Balaban J connectivity index is 1.91. The van der Waals surface area contributed by atoms with E-state index in [1.165, 1.54) is 6.26 Å². The lowest BCUT2D eigenvalue weighted by Gasteiger charge is -2.19. The Morgan fingerprint density at radius 1 is 1.45 bits per heavy atom. The van der Waals surface area contributed by atoms with Crippen LogP contribution < -0.4 is 5.69 Å². The van der Waals surface area contributed by atoms with Crippen LogP contribution in [0.25, 0.3) is 11.6 Å². The summed E-state index contributed by atoms with van der Waals surface area (Å²) in [6.45, 7) is 5.14. The largest absolute Gasteiger partial charge is 0.461 e. The van der Waals surface area contributed by atoms with Crippen molar-refractivity contribution in [3.8, 4) is 11.6 Å². The molecule has 22 heavy (non-hydrogen) atoms. The maximum absolute atomic E-state index is 12.5. The number of carbonyl (C=O) groups is 1. The molecule has 0 atom stereocenters. The molecule has 0 aromatic carbocycles. The standard InChI is InChI=1S/C15H19N3O4/c1-15(2,3)22-12(19)9-17-14(20)18(10-6-7-10)13(16-17)11-5-4-8-21-11/h4-5,8,10H,6-7,9H2,1-3H3. The lowest BCUT2D eigenvalue weighted by Crippen LogP contribution is -2.31. The SMILES string of the molecule is CC(C)(C)OC(=O)Cn1nc(-c2ccco2)n(C2CC2)c1=O. The van der Waals surface area contributed by atoms with Crippen molar-refractivity contribution in [1.29, 1.82) is 0 Å². The number of rotatable bonds is 4. The van der Waals surface area contributed by atoms with Crippen LogP contribution in [0.1, 0.15) is 39.7 Å². The predicted octanol–water partition coefficient (Wildman–Crippen LogP) is 1.98. The number of esters is 1. The van der Waals surface area contributed by atoms with Gasteiger partial charge in [0.2, 0.25) is 5.82 Å². The van der Waals surface area contributed by atoms with Crippen molar-refractivity contribution in [2.45, 2.75) is 51.8 Å². The molecule has 0 spiro atoms. The highest BCUT2D eigenvalue weighted by Crippen LogP contribution is 2.36. The minimum atomic E-state index is -0.594. The van der Waals surface area contributed by atoms with Gasteiger partial charge in [-0.2, -0.15) is 0 Å². The van der Waals surface area contributed by atoms with Gasteiger partial charge in [-0.25, -0.2) is 9.48 Å². The number of carbonyl (C=O) groups excluding carboxylic acids is 1. The van der Waals surface area contributed by atoms with Crippen LogP contribution in [0.4, 0.5) is 0 Å². The molecule has 3 rings (SSSR count). The predicted molar refractivity (Wildman–Crippen MR) is 78.3 cm³/mol. The lowest BCUT2D eigenvalue weighted by molar-refractivity contribution is -0.155. The summed E-state index contributed by atoms with van der Waals surface area (Å²) in [4.78, 5) is 24.4. The quantitative estimate of drug-likeness (QED) is 0.807. The van der Waals surface area contributed by atoms with Gasteiger partial charge >= 0.3 is 11.7 Å². The second kappa shape index (κ2) is 5.15. The summed E-state index contributed by atoms with van der Waals surface area (Å²) in [5.41, 5.74) is -0.899. The summed E-state index contributed by atoms with van der Waals surface area (Å²) >= 11 is 0. The third-order valence-electron chi connectivity index (χ3n) is 3.22. The molecule has 0 aliphatic heterocycles. The van der Waals surface area contributed by atoms with Gasteiger partial charge in [-0.15, -0.1) is 5.10 Å². The average molecular weight is 305 g/mol. The maximum Gasteiger partial charge on any atom is 0.347 e. The molecule has 2 aromatic heterocycles. The molecule has 1 aliphatic rings. The van der Waals surface area contributed by atoms with Crippen molar-refractivity contribution in [2.75, 3.05) is 0 Å². The van der Waals surface area contributed by atoms with Crippen LogP contribution in [0.3, 0.4) is 0 Å². The van der Waals surface area contributed by atoms with Gasteiger partial charge in [-0.05, 0) is 45.7 Å². The number of ether oxygens (including phenoxy) is 1. The van der Waals surface area contributed by atoms with Crippen LogP contribution in [-0.2, 0) is 16.1 Å². The van der Waals surface area contributed by atoms with Crippen LogP contribution in [-0.4, -0.2) is 25.9 Å². The van der Waals surface area contributed by atoms with Crippen LogP contribution in [0.5, 0.6) is 0 Å². The van der Waals surface area contributed by atoms with Gasteiger partial charge in [0.05, 0.1) is 6.26 Å². The molecule has 0 amide bonds. The van der Waals surface area contributed by atoms with E-state index in [1.807, 2.05) is 0 Å². The molecule has 1 aliphatic carbocycles. The topological polar surface area (TPSA) is 79.3 Å². The van der Waals surface area contributed by atoms with Crippen molar-refractivity contribution < 1.29 is 13.9 Å². The van der Waals surface area contributed by atoms with E-state index in [4.69, 9.17) is 9.15 Å². The van der Waals surface area contributed by atoms with Crippen LogP contribution in [0.15, 0.2) is 27.6 Å². The molecule has 2 aromatic rings. The zero-order valence-corrected chi connectivity index (χ0v) is 12.9. The minimum absolute atomic E-state index is 0.139. The molecule has 0 unspecified atom stereocenters. The molecular formula is C15H19N3O4. The third-order valence-corrected chi connectivity index (χ3v) is 3.22. The van der Waals surface area contributed by atoms with Gasteiger partial charge in [0.1, 0.15) is 12.1 Å². The zero-order valence-electron chi connectivity index (χ0n) is 12.9. The van der Waals surface area contributed by atoms with Crippen molar-refractivity contribution in [1.82, 2.24) is 14.3 Å². The van der Waals surface area contributed by atoms with Crippen LogP contribution in [0, 0.1) is 0 Å². The van der Waals surface area contributed by atoms with Crippen LogP contribution in [0.2, 0.25) is 0 Å². The first-order valence-corrected chi connectivity index (χ1v) is 7.30. The monoisotopic (exact) mass is 305 g/mol. The fraction of sp³-hybridized carbons (Fsp3) is 0.533. The Labute approximate surface area is 127 Å². The normalized spacial score (nSPS) is 15.0. The fourth-order valence-corrected chi connectivity index (χ4v) is 2.25. The number of hydrogen-bond acceptors (Lipinski definition) is 5. The van der Waals surface area contributed by atoms with Gasteiger partial charge in [0, 0.05) is 6.04 Å². The van der Waals surface area contributed by atoms with Gasteiger partial charge in [-0.3, -0.25) is 9.36 Å². The molecule has 118 valence electrons. The second-order valence-corrected chi connectivity index (χ2v) is 6.43. The summed E-state index contributed by atoms with van der Waals surface area (Å²) < 4.78 is 13.3. The van der Waals surface area contributed by atoms with E-state index >= 15 is 0 Å². The molecule has 7 nitrogen and oxygen atoms in total. The summed E-state index contributed by atoms with van der Waals surface area (Å²) in [6, 6.07) is 3.63. The summed E-state index contributed by atoms with van der Waals surface area (Å²) in [6.07, 6.45) is 3.40. The molecule has 2 heterocycles. The highest BCUT2D eigenvalue weighted by atomic mass is 16.6. The van der Waals surface area contributed by atoms with E-state index in [-0.39, 0.29) is 18.3 Å². The van der Waals surface area contributed by atoms with Crippen molar-refractivity contribution in [2.24, 2.45) is 0 Å². The maximum atomic E-state index is 12.5. The minimum Gasteiger partial charge on any atom is -0.461 e. The van der Waals surface area contributed by atoms with E-state index in [0.717, 1.165) is 17.5 Å². The molecular weight excluding hydrogens is 286 g/mol. The first kappa shape index (κ1) is 14.6. The van der Waals surface area contributed by atoms with E-state index < -0.39 is 11.6 Å². The van der Waals surface area contributed by atoms with E-state index in [2.05, 4.69) is 5.10 Å². The number of furan rings is 1. The Kier molecular flexibility index (Phi) is 3.42. The second-order valence-electron chi connectivity index (χ2n) is 6.43. The van der Waals surface area contributed by atoms with Gasteiger partial charge < -0.3 is 9.15 Å². The Hall–Kier alpha value is -2.31. The van der Waals surface area contributed by atoms with Gasteiger partial charge in [-0.1, -0.05) is 0 Å². The molecule has 7 heteroatoms. The molecule has 1 fully saturated rings. The zero-order chi connectivity index (χ0) is 15.9. The number of nitrogens with zero attached hydrogens (tertiary/aromatic N) is 3. The summed E-state index contributed by atoms with van der Waals surface area (Å²) in [5.74, 6) is 0.494. The first-order chi connectivity index (χ1) is 10.3. The molecule has 0 saturated heterocycles. The molecule has 0 radical (unpaired) electrons. The van der Waals surface area contributed by atoms with E-state index in [1.54, 1.807) is 37.5 Å². The molecule has 1 saturated carbocycles. The van der Waals surface area contributed by atoms with Crippen molar-refractivity contribution in [3.05, 3.63) is 28.9 Å².